The molecule has 26 heavy (non-hydrogen) atoms. The Morgan fingerprint density at radius 1 is 1.31 bits per heavy atom. The van der Waals surface area contributed by atoms with E-state index in [2.05, 4.69) is 22.7 Å². The second-order valence-electron chi connectivity index (χ2n) is 6.68. The molecular weight excluding hydrogens is 340 g/mol. The molecule has 1 aliphatic carbocycles. The summed E-state index contributed by atoms with van der Waals surface area (Å²) in [6.45, 7) is 1.49. The van der Waals surface area contributed by atoms with Gasteiger partial charge in [0, 0.05) is 12.4 Å². The highest BCUT2D eigenvalue weighted by Gasteiger charge is 2.52. The number of pyridine rings is 1. The molecule has 0 unspecified atom stereocenters. The Kier molecular flexibility index (Phi) is 4.88. The minimum absolute atomic E-state index is 0.248. The number of urea groups is 1. The molecule has 0 radical (unpaired) electrons. The van der Waals surface area contributed by atoms with Crippen LogP contribution in [0.4, 0.5) is 4.79 Å². The van der Waals surface area contributed by atoms with Gasteiger partial charge in [-0.15, -0.1) is 0 Å². The first-order valence-corrected chi connectivity index (χ1v) is 8.45. The van der Waals surface area contributed by atoms with E-state index in [1.807, 2.05) is 0 Å². The van der Waals surface area contributed by atoms with Crippen molar-refractivity contribution in [2.24, 2.45) is 5.92 Å². The second kappa shape index (κ2) is 7.11. The Labute approximate surface area is 150 Å². The quantitative estimate of drug-likeness (QED) is 0.605. The number of hydrazine groups is 1. The maximum Gasteiger partial charge on any atom is 0.344 e. The average Bonchev–Trinajstić information content (AvgIpc) is 2.87. The maximum absolute atomic E-state index is 12.6. The summed E-state index contributed by atoms with van der Waals surface area (Å²) in [5.41, 5.74) is 1.52. The number of nitrogens with zero attached hydrogens (tertiary/aromatic N) is 2. The van der Waals surface area contributed by atoms with E-state index < -0.39 is 36.0 Å². The van der Waals surface area contributed by atoms with Gasteiger partial charge in [-0.2, -0.15) is 5.01 Å². The van der Waals surface area contributed by atoms with Crippen LogP contribution >= 0.6 is 0 Å². The molecule has 1 saturated heterocycles. The van der Waals surface area contributed by atoms with E-state index in [1.54, 1.807) is 0 Å². The highest BCUT2D eigenvalue weighted by Crippen LogP contribution is 2.35. The first-order valence-electron chi connectivity index (χ1n) is 8.45. The molecule has 1 aromatic rings. The predicted octanol–water partition coefficient (Wildman–Crippen LogP) is 0.770. The molecule has 1 aliphatic heterocycles. The number of esters is 1. The number of carbonyl (C=O) groups excluding carboxylic acids is 4. The van der Waals surface area contributed by atoms with E-state index in [1.165, 1.54) is 24.5 Å². The zero-order valence-corrected chi connectivity index (χ0v) is 14.4. The largest absolute Gasteiger partial charge is 0.452 e. The lowest BCUT2D eigenvalue weighted by atomic mass is 9.77. The first kappa shape index (κ1) is 17.8. The van der Waals surface area contributed by atoms with Gasteiger partial charge in [-0.05, 0) is 43.7 Å². The van der Waals surface area contributed by atoms with Crippen molar-refractivity contribution in [3.63, 3.8) is 0 Å². The Morgan fingerprint density at radius 3 is 2.62 bits per heavy atom. The maximum atomic E-state index is 12.6. The first-order chi connectivity index (χ1) is 12.4. The third-order valence-electron chi connectivity index (χ3n) is 4.78. The molecule has 1 saturated carbocycles. The van der Waals surface area contributed by atoms with E-state index >= 15 is 0 Å². The summed E-state index contributed by atoms with van der Waals surface area (Å²) in [7, 11) is 0. The SMILES string of the molecule is CC1CCC2(CC1)NC(=O)N(NC(=O)COC(=O)c1ccncc1)C2=O. The normalized spacial score (nSPS) is 25.1. The van der Waals surface area contributed by atoms with Crippen LogP contribution < -0.4 is 10.7 Å². The summed E-state index contributed by atoms with van der Waals surface area (Å²) in [6.07, 6.45) is 5.60. The van der Waals surface area contributed by atoms with Gasteiger partial charge < -0.3 is 10.1 Å². The van der Waals surface area contributed by atoms with Gasteiger partial charge in [-0.3, -0.25) is 20.0 Å². The molecule has 138 valence electrons. The Hall–Kier alpha value is -2.97. The van der Waals surface area contributed by atoms with Gasteiger partial charge >= 0.3 is 12.0 Å². The Morgan fingerprint density at radius 2 is 1.96 bits per heavy atom. The number of aromatic nitrogens is 1. The van der Waals surface area contributed by atoms with Gasteiger partial charge in [0.25, 0.3) is 11.8 Å². The van der Waals surface area contributed by atoms with Crippen LogP contribution in [0.1, 0.15) is 43.0 Å². The van der Waals surface area contributed by atoms with Crippen molar-refractivity contribution in [2.75, 3.05) is 6.61 Å². The molecule has 1 aromatic heterocycles. The third kappa shape index (κ3) is 3.51. The van der Waals surface area contributed by atoms with Gasteiger partial charge in [-0.25, -0.2) is 9.59 Å². The standard InChI is InChI=1S/C17H20N4O5/c1-11-2-6-17(7-3-11)15(24)21(16(25)19-17)20-13(22)10-26-14(23)12-4-8-18-9-5-12/h4-5,8-9,11H,2-3,6-7,10H2,1H3,(H,19,25)(H,20,22). The number of ether oxygens (including phenoxy) is 1. The van der Waals surface area contributed by atoms with E-state index in [4.69, 9.17) is 4.74 Å². The highest BCUT2D eigenvalue weighted by molar-refractivity contribution is 6.08. The van der Waals surface area contributed by atoms with Crippen LogP contribution in [-0.4, -0.2) is 46.0 Å². The molecule has 9 heteroatoms. The smallest absolute Gasteiger partial charge is 0.344 e. The fraction of sp³-hybridized carbons (Fsp3) is 0.471. The van der Waals surface area contributed by atoms with E-state index in [9.17, 15) is 19.2 Å². The second-order valence-corrected chi connectivity index (χ2v) is 6.68. The molecule has 9 nitrogen and oxygen atoms in total. The lowest BCUT2D eigenvalue weighted by Gasteiger charge is -2.33. The van der Waals surface area contributed by atoms with Crippen LogP contribution in [0.15, 0.2) is 24.5 Å². The zero-order chi connectivity index (χ0) is 18.7. The summed E-state index contributed by atoms with van der Waals surface area (Å²) in [6, 6.07) is 2.23. The number of carbonyl (C=O) groups is 4. The van der Waals surface area contributed by atoms with Crippen LogP contribution in [0.2, 0.25) is 0 Å². The van der Waals surface area contributed by atoms with Crippen LogP contribution in [0.25, 0.3) is 0 Å². The molecule has 2 heterocycles. The minimum Gasteiger partial charge on any atom is -0.452 e. The zero-order valence-electron chi connectivity index (χ0n) is 14.4. The van der Waals surface area contributed by atoms with Gasteiger partial charge in [0.2, 0.25) is 0 Å². The van der Waals surface area contributed by atoms with Crippen LogP contribution in [0.3, 0.4) is 0 Å². The molecule has 0 atom stereocenters. The lowest BCUT2D eigenvalue weighted by molar-refractivity contribution is -0.141. The fourth-order valence-corrected chi connectivity index (χ4v) is 3.18. The van der Waals surface area contributed by atoms with Gasteiger partial charge in [0.15, 0.2) is 6.61 Å². The predicted molar refractivity (Wildman–Crippen MR) is 88.4 cm³/mol. The number of imide groups is 1. The summed E-state index contributed by atoms with van der Waals surface area (Å²) in [4.78, 5) is 52.3. The van der Waals surface area contributed by atoms with Crippen molar-refractivity contribution in [2.45, 2.75) is 38.1 Å². The monoisotopic (exact) mass is 360 g/mol. The summed E-state index contributed by atoms with van der Waals surface area (Å²) >= 11 is 0. The van der Waals surface area contributed by atoms with Crippen molar-refractivity contribution in [1.29, 1.82) is 0 Å². The van der Waals surface area contributed by atoms with Crippen molar-refractivity contribution < 1.29 is 23.9 Å². The molecule has 0 bridgehead atoms. The Balaban J connectivity index is 1.55. The number of nitrogens with one attached hydrogen (secondary N) is 2. The molecule has 4 amide bonds. The molecule has 2 N–H and O–H groups in total. The summed E-state index contributed by atoms with van der Waals surface area (Å²) < 4.78 is 4.87. The highest BCUT2D eigenvalue weighted by atomic mass is 16.5. The van der Waals surface area contributed by atoms with E-state index in [0.29, 0.717) is 23.8 Å². The van der Waals surface area contributed by atoms with Crippen molar-refractivity contribution in [3.05, 3.63) is 30.1 Å². The third-order valence-corrected chi connectivity index (χ3v) is 4.78. The van der Waals surface area contributed by atoms with Gasteiger partial charge in [0.1, 0.15) is 5.54 Å². The molecule has 2 aliphatic rings. The van der Waals surface area contributed by atoms with Crippen LogP contribution in [-0.2, 0) is 14.3 Å². The lowest BCUT2D eigenvalue weighted by Crippen LogP contribution is -2.52. The molecule has 0 aromatic carbocycles. The van der Waals surface area contributed by atoms with E-state index in [-0.39, 0.29) is 5.56 Å². The van der Waals surface area contributed by atoms with Crippen molar-refractivity contribution in [3.8, 4) is 0 Å². The molecular formula is C17H20N4O5. The minimum atomic E-state index is -0.940. The number of hydrogen-bond acceptors (Lipinski definition) is 6. The van der Waals surface area contributed by atoms with Gasteiger partial charge in [-0.1, -0.05) is 6.92 Å². The molecule has 2 fully saturated rings. The summed E-state index contributed by atoms with van der Waals surface area (Å²) in [5, 5.41) is 3.37. The molecule has 3 rings (SSSR count). The number of rotatable bonds is 4. The van der Waals surface area contributed by atoms with Gasteiger partial charge in [0.05, 0.1) is 5.56 Å². The van der Waals surface area contributed by atoms with Crippen LogP contribution in [0, 0.1) is 5.92 Å². The topological polar surface area (TPSA) is 118 Å². The van der Waals surface area contributed by atoms with E-state index in [0.717, 1.165) is 12.8 Å². The number of amides is 4. The Bertz CT molecular complexity index is 728. The number of hydrogen-bond donors (Lipinski definition) is 2. The van der Waals surface area contributed by atoms with Crippen LogP contribution in [0.5, 0.6) is 0 Å². The fourth-order valence-electron chi connectivity index (χ4n) is 3.18. The summed E-state index contributed by atoms with van der Waals surface area (Å²) in [5.74, 6) is -1.43. The van der Waals surface area contributed by atoms with Crippen molar-refractivity contribution >= 4 is 23.8 Å². The average molecular weight is 360 g/mol. The molecule has 1 spiro atoms. The van der Waals surface area contributed by atoms with Crippen molar-refractivity contribution in [1.82, 2.24) is 20.7 Å².